The minimum absolute atomic E-state index is 0.0389. The van der Waals surface area contributed by atoms with Crippen molar-refractivity contribution in [1.82, 2.24) is 5.32 Å². The average molecular weight is 248 g/mol. The maximum Gasteiger partial charge on any atom is 0.227 e. The lowest BCUT2D eigenvalue weighted by molar-refractivity contribution is -0.122. The van der Waals surface area contributed by atoms with Gasteiger partial charge in [-0.3, -0.25) is 4.79 Å². The lowest BCUT2D eigenvalue weighted by atomic mass is 9.96. The van der Waals surface area contributed by atoms with Gasteiger partial charge >= 0.3 is 0 Å². The lowest BCUT2D eigenvalue weighted by Gasteiger charge is -2.13. The SMILES string of the molecule is CC(C)Cc1ccc(C(C)C(=O)NCCN)cc1. The molecule has 100 valence electrons. The van der Waals surface area contributed by atoms with Crippen LogP contribution in [0.5, 0.6) is 0 Å². The van der Waals surface area contributed by atoms with Crippen molar-refractivity contribution in [1.29, 1.82) is 0 Å². The second-order valence-corrected chi connectivity index (χ2v) is 5.14. The molecule has 18 heavy (non-hydrogen) atoms. The van der Waals surface area contributed by atoms with Crippen LogP contribution in [0.3, 0.4) is 0 Å². The summed E-state index contributed by atoms with van der Waals surface area (Å²) in [5.41, 5.74) is 7.74. The molecule has 3 heteroatoms. The Morgan fingerprint density at radius 1 is 1.22 bits per heavy atom. The molecule has 3 N–H and O–H groups in total. The first-order valence-corrected chi connectivity index (χ1v) is 6.61. The zero-order valence-corrected chi connectivity index (χ0v) is 11.6. The normalized spacial score (nSPS) is 12.5. The Morgan fingerprint density at radius 2 is 1.83 bits per heavy atom. The van der Waals surface area contributed by atoms with Crippen molar-refractivity contribution in [2.45, 2.75) is 33.1 Å². The van der Waals surface area contributed by atoms with Crippen molar-refractivity contribution in [3.05, 3.63) is 35.4 Å². The van der Waals surface area contributed by atoms with Crippen LogP contribution < -0.4 is 11.1 Å². The molecule has 0 aliphatic rings. The summed E-state index contributed by atoms with van der Waals surface area (Å²) in [7, 11) is 0. The third-order valence-corrected chi connectivity index (χ3v) is 2.96. The predicted octanol–water partition coefficient (Wildman–Crippen LogP) is 2.06. The van der Waals surface area contributed by atoms with Crippen molar-refractivity contribution in [3.8, 4) is 0 Å². The topological polar surface area (TPSA) is 55.1 Å². The summed E-state index contributed by atoms with van der Waals surface area (Å²) in [5.74, 6) is 0.572. The predicted molar refractivity (Wildman–Crippen MR) is 75.5 cm³/mol. The molecular weight excluding hydrogens is 224 g/mol. The van der Waals surface area contributed by atoms with Crippen molar-refractivity contribution in [3.63, 3.8) is 0 Å². The monoisotopic (exact) mass is 248 g/mol. The smallest absolute Gasteiger partial charge is 0.227 e. The summed E-state index contributed by atoms with van der Waals surface area (Å²) < 4.78 is 0. The molecule has 0 aromatic heterocycles. The Balaban J connectivity index is 2.63. The highest BCUT2D eigenvalue weighted by Gasteiger charge is 2.14. The summed E-state index contributed by atoms with van der Waals surface area (Å²) in [4.78, 5) is 11.8. The van der Waals surface area contributed by atoms with Gasteiger partial charge in [0.15, 0.2) is 0 Å². The zero-order chi connectivity index (χ0) is 13.5. The lowest BCUT2D eigenvalue weighted by Crippen LogP contribution is -2.32. The van der Waals surface area contributed by atoms with E-state index in [1.54, 1.807) is 0 Å². The summed E-state index contributed by atoms with van der Waals surface area (Å²) in [6.45, 7) is 7.34. The molecule has 1 aromatic rings. The van der Waals surface area contributed by atoms with Crippen LogP contribution in [-0.4, -0.2) is 19.0 Å². The van der Waals surface area contributed by atoms with Gasteiger partial charge in [0.1, 0.15) is 0 Å². The Labute approximate surface area is 110 Å². The van der Waals surface area contributed by atoms with Gasteiger partial charge in [0, 0.05) is 13.1 Å². The van der Waals surface area contributed by atoms with Gasteiger partial charge in [-0.15, -0.1) is 0 Å². The quantitative estimate of drug-likeness (QED) is 0.809. The van der Waals surface area contributed by atoms with Crippen LogP contribution in [0.2, 0.25) is 0 Å². The fourth-order valence-corrected chi connectivity index (χ4v) is 1.91. The van der Waals surface area contributed by atoms with Gasteiger partial charge in [-0.1, -0.05) is 38.1 Å². The summed E-state index contributed by atoms with van der Waals surface area (Å²) >= 11 is 0. The molecule has 0 aliphatic carbocycles. The van der Waals surface area contributed by atoms with E-state index < -0.39 is 0 Å². The summed E-state index contributed by atoms with van der Waals surface area (Å²) in [5, 5.41) is 2.81. The number of nitrogens with two attached hydrogens (primary N) is 1. The van der Waals surface area contributed by atoms with Crippen molar-refractivity contribution in [2.75, 3.05) is 13.1 Å². The molecule has 0 spiro atoms. The Hall–Kier alpha value is -1.35. The van der Waals surface area contributed by atoms with E-state index in [-0.39, 0.29) is 11.8 Å². The van der Waals surface area contributed by atoms with E-state index in [0.29, 0.717) is 19.0 Å². The van der Waals surface area contributed by atoms with Crippen LogP contribution >= 0.6 is 0 Å². The maximum atomic E-state index is 11.8. The molecule has 0 saturated heterocycles. The second-order valence-electron chi connectivity index (χ2n) is 5.14. The Kier molecular flexibility index (Phi) is 5.86. The van der Waals surface area contributed by atoms with Crippen LogP contribution in [-0.2, 0) is 11.2 Å². The van der Waals surface area contributed by atoms with E-state index in [4.69, 9.17) is 5.73 Å². The molecule has 1 aromatic carbocycles. The number of rotatable bonds is 6. The van der Waals surface area contributed by atoms with E-state index in [0.717, 1.165) is 12.0 Å². The van der Waals surface area contributed by atoms with Crippen LogP contribution in [0.15, 0.2) is 24.3 Å². The van der Waals surface area contributed by atoms with Gasteiger partial charge in [0.2, 0.25) is 5.91 Å². The van der Waals surface area contributed by atoms with E-state index in [9.17, 15) is 4.79 Å². The minimum atomic E-state index is -0.121. The number of hydrogen-bond donors (Lipinski definition) is 2. The van der Waals surface area contributed by atoms with Gasteiger partial charge in [-0.25, -0.2) is 0 Å². The average Bonchev–Trinajstić information content (AvgIpc) is 2.35. The fourth-order valence-electron chi connectivity index (χ4n) is 1.91. The standard InChI is InChI=1S/C15H24N2O/c1-11(2)10-13-4-6-14(7-5-13)12(3)15(18)17-9-8-16/h4-7,11-12H,8-10,16H2,1-3H3,(H,17,18). The first-order valence-electron chi connectivity index (χ1n) is 6.61. The van der Waals surface area contributed by atoms with Gasteiger partial charge in [0.25, 0.3) is 0 Å². The molecule has 1 unspecified atom stereocenters. The molecule has 0 saturated carbocycles. The number of carbonyl (C=O) groups excluding carboxylic acids is 1. The van der Waals surface area contributed by atoms with E-state index in [1.807, 2.05) is 19.1 Å². The van der Waals surface area contributed by atoms with Gasteiger partial charge in [0.05, 0.1) is 5.92 Å². The van der Waals surface area contributed by atoms with Gasteiger partial charge in [-0.05, 0) is 30.4 Å². The van der Waals surface area contributed by atoms with Crippen molar-refractivity contribution < 1.29 is 4.79 Å². The van der Waals surface area contributed by atoms with Gasteiger partial charge < -0.3 is 11.1 Å². The zero-order valence-electron chi connectivity index (χ0n) is 11.6. The number of hydrogen-bond acceptors (Lipinski definition) is 2. The number of amides is 1. The van der Waals surface area contributed by atoms with E-state index >= 15 is 0 Å². The first kappa shape index (κ1) is 14.7. The minimum Gasteiger partial charge on any atom is -0.354 e. The fraction of sp³-hybridized carbons (Fsp3) is 0.533. The molecule has 0 aliphatic heterocycles. The summed E-state index contributed by atoms with van der Waals surface area (Å²) in [6, 6.07) is 8.32. The third kappa shape index (κ3) is 4.49. The Morgan fingerprint density at radius 3 is 2.33 bits per heavy atom. The highest BCUT2D eigenvalue weighted by molar-refractivity contribution is 5.83. The van der Waals surface area contributed by atoms with Crippen LogP contribution in [0.1, 0.15) is 37.8 Å². The highest BCUT2D eigenvalue weighted by atomic mass is 16.1. The molecule has 0 fully saturated rings. The Bertz CT molecular complexity index is 371. The molecule has 1 rings (SSSR count). The number of benzene rings is 1. The second kappa shape index (κ2) is 7.17. The molecular formula is C15H24N2O. The maximum absolute atomic E-state index is 11.8. The molecule has 1 amide bonds. The molecule has 0 bridgehead atoms. The number of nitrogens with one attached hydrogen (secondary N) is 1. The first-order chi connectivity index (χ1) is 8.54. The van der Waals surface area contributed by atoms with Crippen molar-refractivity contribution >= 4 is 5.91 Å². The number of carbonyl (C=O) groups is 1. The van der Waals surface area contributed by atoms with Crippen LogP contribution in [0, 0.1) is 5.92 Å². The van der Waals surface area contributed by atoms with Crippen LogP contribution in [0.25, 0.3) is 0 Å². The molecule has 1 atom stereocenters. The largest absolute Gasteiger partial charge is 0.354 e. The third-order valence-electron chi connectivity index (χ3n) is 2.96. The highest BCUT2D eigenvalue weighted by Crippen LogP contribution is 2.17. The van der Waals surface area contributed by atoms with Crippen LogP contribution in [0.4, 0.5) is 0 Å². The van der Waals surface area contributed by atoms with E-state index in [2.05, 4.69) is 31.3 Å². The molecule has 0 heterocycles. The van der Waals surface area contributed by atoms with E-state index in [1.165, 1.54) is 5.56 Å². The summed E-state index contributed by atoms with van der Waals surface area (Å²) in [6.07, 6.45) is 1.08. The molecule has 3 nitrogen and oxygen atoms in total. The van der Waals surface area contributed by atoms with Crippen molar-refractivity contribution in [2.24, 2.45) is 11.7 Å². The molecule has 0 radical (unpaired) electrons. The van der Waals surface area contributed by atoms with Gasteiger partial charge in [-0.2, -0.15) is 0 Å².